The fourth-order valence-electron chi connectivity index (χ4n) is 3.31. The minimum Gasteiger partial charge on any atom is -0.370 e. The first-order valence-electron chi connectivity index (χ1n) is 9.72. The summed E-state index contributed by atoms with van der Waals surface area (Å²) >= 11 is 0. The van der Waals surface area contributed by atoms with Gasteiger partial charge < -0.3 is 21.3 Å². The summed E-state index contributed by atoms with van der Waals surface area (Å²) in [6.45, 7) is 5.16. The molecule has 0 saturated carbocycles. The molecule has 1 aliphatic rings. The van der Waals surface area contributed by atoms with Crippen molar-refractivity contribution in [3.63, 3.8) is 0 Å². The van der Waals surface area contributed by atoms with Crippen LogP contribution in [-0.4, -0.2) is 64.3 Å². The van der Waals surface area contributed by atoms with Gasteiger partial charge in [0.05, 0.1) is 0 Å². The van der Waals surface area contributed by atoms with Crippen LogP contribution in [-0.2, 0) is 24.0 Å². The largest absolute Gasteiger partial charge is 0.370 e. The third-order valence-corrected chi connectivity index (χ3v) is 5.10. The van der Waals surface area contributed by atoms with E-state index in [4.69, 9.17) is 10.9 Å². The van der Waals surface area contributed by atoms with Gasteiger partial charge >= 0.3 is 0 Å². The highest BCUT2D eigenvalue weighted by molar-refractivity contribution is 5.94. The lowest BCUT2D eigenvalue weighted by Gasteiger charge is -2.30. The Balaban J connectivity index is 2.93. The van der Waals surface area contributed by atoms with Gasteiger partial charge in [0.2, 0.25) is 23.6 Å². The number of nitrogens with one attached hydrogen (secondary N) is 3. The lowest BCUT2D eigenvalue weighted by atomic mass is 9.98. The molecule has 0 aromatic heterocycles. The van der Waals surface area contributed by atoms with E-state index in [1.807, 2.05) is 6.92 Å². The van der Waals surface area contributed by atoms with Gasteiger partial charge in [0.1, 0.15) is 18.1 Å². The predicted molar refractivity (Wildman–Crippen MR) is 102 cm³/mol. The van der Waals surface area contributed by atoms with Crippen LogP contribution in [0, 0.1) is 5.92 Å². The number of primary amides is 1. The van der Waals surface area contributed by atoms with E-state index < -0.39 is 47.7 Å². The number of likely N-dealkylation sites (tertiary alicyclic amines) is 1. The standard InChI is InChI=1S/C18H31N5O6/c1-4-10(2)15(17(27)22-29)21-16(26)13-6-5-9-23(13)18(28)12(20-11(3)24)7-8-14(19)25/h10,12-13,15,29H,4-9H2,1-3H3,(H2,19,25)(H,20,24)(H,21,26)(H,22,27)/t10?,12-,13-,15-/m0/s1. The monoisotopic (exact) mass is 413 g/mol. The van der Waals surface area contributed by atoms with Crippen molar-refractivity contribution in [2.75, 3.05) is 6.54 Å². The van der Waals surface area contributed by atoms with E-state index in [0.29, 0.717) is 25.8 Å². The maximum Gasteiger partial charge on any atom is 0.266 e. The second-order valence-corrected chi connectivity index (χ2v) is 7.30. The van der Waals surface area contributed by atoms with Gasteiger partial charge in [-0.1, -0.05) is 20.3 Å². The van der Waals surface area contributed by atoms with Gasteiger partial charge in [-0.2, -0.15) is 0 Å². The lowest BCUT2D eigenvalue weighted by Crippen LogP contribution is -2.57. The first-order valence-corrected chi connectivity index (χ1v) is 9.72. The van der Waals surface area contributed by atoms with Crippen molar-refractivity contribution in [3.8, 4) is 0 Å². The number of hydroxylamine groups is 1. The molecule has 0 spiro atoms. The Morgan fingerprint density at radius 1 is 1.21 bits per heavy atom. The number of rotatable bonds is 10. The van der Waals surface area contributed by atoms with Gasteiger partial charge in [-0.15, -0.1) is 0 Å². The highest BCUT2D eigenvalue weighted by atomic mass is 16.5. The van der Waals surface area contributed by atoms with Gasteiger partial charge in [0.25, 0.3) is 5.91 Å². The topological polar surface area (TPSA) is 171 Å². The molecule has 5 amide bonds. The van der Waals surface area contributed by atoms with Gasteiger partial charge in [-0.3, -0.25) is 29.2 Å². The molecule has 4 atom stereocenters. The van der Waals surface area contributed by atoms with Crippen LogP contribution in [0.5, 0.6) is 0 Å². The van der Waals surface area contributed by atoms with Crippen molar-refractivity contribution in [1.29, 1.82) is 0 Å². The van der Waals surface area contributed by atoms with E-state index in [1.165, 1.54) is 11.8 Å². The zero-order valence-electron chi connectivity index (χ0n) is 17.1. The van der Waals surface area contributed by atoms with Gasteiger partial charge in [-0.05, 0) is 25.2 Å². The summed E-state index contributed by atoms with van der Waals surface area (Å²) < 4.78 is 0. The molecule has 1 fully saturated rings. The first kappa shape index (κ1) is 24.3. The SMILES string of the molecule is CCC(C)[C@H](NC(=O)[C@@H]1CCCN1C(=O)[C@H](CCC(N)=O)NC(C)=O)C(=O)NO. The Kier molecular flexibility index (Phi) is 9.53. The summed E-state index contributed by atoms with van der Waals surface area (Å²) in [6, 6.07) is -2.74. The van der Waals surface area contributed by atoms with E-state index in [-0.39, 0.29) is 18.8 Å². The molecule has 1 heterocycles. The number of carbonyl (C=O) groups excluding carboxylic acids is 5. The second-order valence-electron chi connectivity index (χ2n) is 7.30. The van der Waals surface area contributed by atoms with E-state index in [2.05, 4.69) is 10.6 Å². The Labute approximate surface area is 169 Å². The molecule has 1 unspecified atom stereocenters. The fraction of sp³-hybridized carbons (Fsp3) is 0.722. The number of amides is 5. The molecule has 11 nitrogen and oxygen atoms in total. The van der Waals surface area contributed by atoms with Crippen LogP contribution < -0.4 is 21.8 Å². The molecular formula is C18H31N5O6. The maximum absolute atomic E-state index is 12.9. The molecule has 0 aromatic carbocycles. The molecule has 1 aliphatic heterocycles. The Bertz CT molecular complexity index is 640. The molecule has 0 bridgehead atoms. The van der Waals surface area contributed by atoms with E-state index in [9.17, 15) is 24.0 Å². The zero-order valence-corrected chi connectivity index (χ0v) is 17.1. The van der Waals surface area contributed by atoms with E-state index in [0.717, 1.165) is 0 Å². The van der Waals surface area contributed by atoms with E-state index in [1.54, 1.807) is 12.4 Å². The Hall–Kier alpha value is -2.69. The van der Waals surface area contributed by atoms with Gasteiger partial charge in [-0.25, -0.2) is 5.48 Å². The summed E-state index contributed by atoms with van der Waals surface area (Å²) in [5.74, 6) is -3.01. The molecule has 0 aromatic rings. The fourth-order valence-corrected chi connectivity index (χ4v) is 3.31. The number of hydrogen-bond donors (Lipinski definition) is 5. The smallest absolute Gasteiger partial charge is 0.266 e. The number of carbonyl (C=O) groups is 5. The predicted octanol–water partition coefficient (Wildman–Crippen LogP) is -1.22. The van der Waals surface area contributed by atoms with Crippen LogP contribution in [0.15, 0.2) is 0 Å². The summed E-state index contributed by atoms with van der Waals surface area (Å²) in [5, 5.41) is 14.0. The summed E-state index contributed by atoms with van der Waals surface area (Å²) in [4.78, 5) is 61.5. The number of hydrogen-bond acceptors (Lipinski definition) is 6. The summed E-state index contributed by atoms with van der Waals surface area (Å²) in [7, 11) is 0. The average Bonchev–Trinajstić information content (AvgIpc) is 3.16. The van der Waals surface area contributed by atoms with Crippen molar-refractivity contribution in [2.24, 2.45) is 11.7 Å². The van der Waals surface area contributed by atoms with Crippen molar-refractivity contribution in [3.05, 3.63) is 0 Å². The highest BCUT2D eigenvalue weighted by Gasteiger charge is 2.39. The highest BCUT2D eigenvalue weighted by Crippen LogP contribution is 2.20. The molecule has 11 heteroatoms. The molecule has 0 radical (unpaired) electrons. The summed E-state index contributed by atoms with van der Waals surface area (Å²) in [5.41, 5.74) is 6.69. The van der Waals surface area contributed by atoms with Crippen LogP contribution in [0.25, 0.3) is 0 Å². The van der Waals surface area contributed by atoms with Crippen LogP contribution in [0.4, 0.5) is 0 Å². The Morgan fingerprint density at radius 2 is 1.86 bits per heavy atom. The molecular weight excluding hydrogens is 382 g/mol. The summed E-state index contributed by atoms with van der Waals surface area (Å²) in [6.07, 6.45) is 1.50. The molecule has 1 rings (SSSR count). The normalized spacial score (nSPS) is 19.0. The van der Waals surface area contributed by atoms with Crippen molar-refractivity contribution < 1.29 is 29.2 Å². The third-order valence-electron chi connectivity index (χ3n) is 5.10. The maximum atomic E-state index is 12.9. The average molecular weight is 413 g/mol. The van der Waals surface area contributed by atoms with Gasteiger partial charge in [0, 0.05) is 19.9 Å². The number of nitrogens with two attached hydrogens (primary N) is 1. The molecule has 0 aliphatic carbocycles. The minimum absolute atomic E-state index is 0.0288. The van der Waals surface area contributed by atoms with Crippen LogP contribution >= 0.6 is 0 Å². The van der Waals surface area contributed by atoms with Crippen molar-refractivity contribution in [2.45, 2.75) is 71.0 Å². The Morgan fingerprint density at radius 3 is 2.38 bits per heavy atom. The third kappa shape index (κ3) is 7.00. The quantitative estimate of drug-likeness (QED) is 0.222. The molecule has 6 N–H and O–H groups in total. The van der Waals surface area contributed by atoms with Crippen LogP contribution in [0.3, 0.4) is 0 Å². The first-order chi connectivity index (χ1) is 13.6. The van der Waals surface area contributed by atoms with Crippen LogP contribution in [0.2, 0.25) is 0 Å². The lowest BCUT2D eigenvalue weighted by molar-refractivity contribution is -0.143. The zero-order chi connectivity index (χ0) is 22.1. The molecule has 1 saturated heterocycles. The van der Waals surface area contributed by atoms with Crippen LogP contribution in [0.1, 0.15) is 52.9 Å². The van der Waals surface area contributed by atoms with Crippen molar-refractivity contribution in [1.82, 2.24) is 21.0 Å². The second kappa shape index (κ2) is 11.3. The van der Waals surface area contributed by atoms with Crippen molar-refractivity contribution >= 4 is 29.5 Å². The number of nitrogens with zero attached hydrogens (tertiary/aromatic N) is 1. The van der Waals surface area contributed by atoms with E-state index >= 15 is 0 Å². The molecule has 164 valence electrons. The minimum atomic E-state index is -0.973. The van der Waals surface area contributed by atoms with Gasteiger partial charge in [0.15, 0.2) is 0 Å². The molecule has 29 heavy (non-hydrogen) atoms.